The van der Waals surface area contributed by atoms with Crippen LogP contribution in [-0.4, -0.2) is 36.5 Å². The van der Waals surface area contributed by atoms with Gasteiger partial charge in [0, 0.05) is 24.7 Å². The Hall–Kier alpha value is -1.69. The molecule has 1 rings (SSSR count). The fourth-order valence-electron chi connectivity index (χ4n) is 2.19. The molecule has 0 bridgehead atoms. The highest BCUT2D eigenvalue weighted by Gasteiger charge is 2.19. The predicted octanol–water partition coefficient (Wildman–Crippen LogP) is 3.12. The molecule has 1 N–H and O–H groups in total. The first-order valence-corrected chi connectivity index (χ1v) is 6.64. The number of likely N-dealkylation sites (N-methyl/N-ethyl adjacent to an activating group) is 1. The molecule has 0 aliphatic heterocycles. The first kappa shape index (κ1) is 16.4. The van der Waals surface area contributed by atoms with Crippen molar-refractivity contribution in [1.82, 2.24) is 4.90 Å². The number of benzene rings is 1. The van der Waals surface area contributed by atoms with Crippen LogP contribution in [0.5, 0.6) is 0 Å². The van der Waals surface area contributed by atoms with Gasteiger partial charge in [-0.25, -0.2) is 4.39 Å². The van der Waals surface area contributed by atoms with Crippen LogP contribution in [-0.2, 0) is 0 Å². The zero-order valence-electron chi connectivity index (χ0n) is 12.4. The molecule has 20 heavy (non-hydrogen) atoms. The summed E-state index contributed by atoms with van der Waals surface area (Å²) in [5.41, 5.74) is 0.140. The molecule has 112 valence electrons. The standard InChI is InChI=1S/C14H22FN3O2/c1-10(2)7-12(9-17(3)4)16-13-8-11(15)5-6-14(13)18(19)20/h5-6,8,10,12,16H,7,9H2,1-4H3. The maximum Gasteiger partial charge on any atom is 0.292 e. The minimum atomic E-state index is -0.496. The minimum Gasteiger partial charge on any atom is -0.375 e. The van der Waals surface area contributed by atoms with E-state index in [0.717, 1.165) is 19.0 Å². The largest absolute Gasteiger partial charge is 0.375 e. The van der Waals surface area contributed by atoms with Gasteiger partial charge in [-0.05, 0) is 32.5 Å². The van der Waals surface area contributed by atoms with Gasteiger partial charge in [0.15, 0.2) is 0 Å². The molecule has 0 fully saturated rings. The van der Waals surface area contributed by atoms with Crippen molar-refractivity contribution in [3.05, 3.63) is 34.1 Å². The van der Waals surface area contributed by atoms with Gasteiger partial charge in [-0.15, -0.1) is 0 Å². The monoisotopic (exact) mass is 283 g/mol. The molecule has 6 heteroatoms. The summed E-state index contributed by atoms with van der Waals surface area (Å²) in [7, 11) is 3.88. The van der Waals surface area contributed by atoms with Crippen LogP contribution in [0.3, 0.4) is 0 Å². The maximum atomic E-state index is 13.3. The van der Waals surface area contributed by atoms with Gasteiger partial charge in [0.05, 0.1) is 4.92 Å². The molecule has 1 atom stereocenters. The molecule has 1 aromatic carbocycles. The van der Waals surface area contributed by atoms with E-state index in [-0.39, 0.29) is 17.4 Å². The Morgan fingerprint density at radius 1 is 1.40 bits per heavy atom. The maximum absolute atomic E-state index is 13.3. The van der Waals surface area contributed by atoms with Crippen molar-refractivity contribution in [3.63, 3.8) is 0 Å². The molecule has 1 unspecified atom stereocenters. The van der Waals surface area contributed by atoms with Gasteiger partial charge < -0.3 is 10.2 Å². The zero-order chi connectivity index (χ0) is 15.3. The Labute approximate surface area is 118 Å². The van der Waals surface area contributed by atoms with E-state index in [9.17, 15) is 14.5 Å². The van der Waals surface area contributed by atoms with Crippen molar-refractivity contribution in [2.24, 2.45) is 5.92 Å². The van der Waals surface area contributed by atoms with E-state index in [2.05, 4.69) is 19.2 Å². The van der Waals surface area contributed by atoms with Crippen LogP contribution in [0, 0.1) is 21.8 Å². The van der Waals surface area contributed by atoms with Crippen molar-refractivity contribution in [2.75, 3.05) is 26.0 Å². The van der Waals surface area contributed by atoms with Crippen LogP contribution >= 0.6 is 0 Å². The van der Waals surface area contributed by atoms with Gasteiger partial charge in [0.2, 0.25) is 0 Å². The third-order valence-electron chi connectivity index (χ3n) is 2.86. The summed E-state index contributed by atoms with van der Waals surface area (Å²) in [6.07, 6.45) is 0.853. The second-order valence-corrected chi connectivity index (χ2v) is 5.65. The molecule has 0 aromatic heterocycles. The third-order valence-corrected chi connectivity index (χ3v) is 2.86. The van der Waals surface area contributed by atoms with Crippen molar-refractivity contribution in [1.29, 1.82) is 0 Å². The number of halogens is 1. The smallest absolute Gasteiger partial charge is 0.292 e. The van der Waals surface area contributed by atoms with Gasteiger partial charge in [-0.1, -0.05) is 13.8 Å². The average molecular weight is 283 g/mol. The first-order chi connectivity index (χ1) is 9.29. The topological polar surface area (TPSA) is 58.4 Å². The van der Waals surface area contributed by atoms with Gasteiger partial charge in [-0.2, -0.15) is 0 Å². The molecular formula is C14H22FN3O2. The lowest BCUT2D eigenvalue weighted by Crippen LogP contribution is -2.33. The Balaban J connectivity index is 2.96. The number of anilines is 1. The zero-order valence-corrected chi connectivity index (χ0v) is 12.4. The lowest BCUT2D eigenvalue weighted by molar-refractivity contribution is -0.384. The Morgan fingerprint density at radius 3 is 2.55 bits per heavy atom. The molecule has 0 saturated carbocycles. The van der Waals surface area contributed by atoms with Gasteiger partial charge in [-0.3, -0.25) is 10.1 Å². The summed E-state index contributed by atoms with van der Waals surface area (Å²) in [4.78, 5) is 12.5. The average Bonchev–Trinajstić information content (AvgIpc) is 2.26. The van der Waals surface area contributed by atoms with E-state index in [4.69, 9.17) is 0 Å². The Morgan fingerprint density at radius 2 is 2.05 bits per heavy atom. The first-order valence-electron chi connectivity index (χ1n) is 6.64. The SMILES string of the molecule is CC(C)CC(CN(C)C)Nc1cc(F)ccc1[N+](=O)[O-]. The van der Waals surface area contributed by atoms with E-state index in [1.54, 1.807) is 0 Å². The van der Waals surface area contributed by atoms with Crippen LogP contribution in [0.25, 0.3) is 0 Å². The molecule has 0 radical (unpaired) electrons. The number of nitrogens with one attached hydrogen (secondary N) is 1. The molecule has 0 aliphatic carbocycles. The summed E-state index contributed by atoms with van der Waals surface area (Å²) in [5.74, 6) is -0.0358. The highest BCUT2D eigenvalue weighted by molar-refractivity contribution is 5.61. The summed E-state index contributed by atoms with van der Waals surface area (Å²) in [6.45, 7) is 4.90. The fraction of sp³-hybridized carbons (Fsp3) is 0.571. The summed E-state index contributed by atoms with van der Waals surface area (Å²) in [6, 6.07) is 3.51. The molecule has 0 spiro atoms. The number of rotatable bonds is 7. The summed E-state index contributed by atoms with van der Waals surface area (Å²) >= 11 is 0. The fourth-order valence-corrected chi connectivity index (χ4v) is 2.19. The number of nitro groups is 1. The second-order valence-electron chi connectivity index (χ2n) is 5.65. The van der Waals surface area contributed by atoms with E-state index in [1.807, 2.05) is 19.0 Å². The molecule has 0 aliphatic rings. The number of hydrogen-bond acceptors (Lipinski definition) is 4. The lowest BCUT2D eigenvalue weighted by Gasteiger charge is -2.24. The molecule has 0 amide bonds. The lowest BCUT2D eigenvalue weighted by atomic mass is 10.0. The molecule has 5 nitrogen and oxygen atoms in total. The number of hydrogen-bond donors (Lipinski definition) is 1. The summed E-state index contributed by atoms with van der Waals surface area (Å²) in [5, 5.41) is 14.1. The third kappa shape index (κ3) is 5.13. The minimum absolute atomic E-state index is 0.0329. The van der Waals surface area contributed by atoms with Crippen molar-refractivity contribution < 1.29 is 9.31 Å². The second kappa shape index (κ2) is 7.19. The van der Waals surface area contributed by atoms with Crippen LogP contribution in [0.4, 0.5) is 15.8 Å². The van der Waals surface area contributed by atoms with Gasteiger partial charge in [0.25, 0.3) is 5.69 Å². The number of nitrogens with zero attached hydrogens (tertiary/aromatic N) is 2. The quantitative estimate of drug-likeness (QED) is 0.617. The molecule has 0 heterocycles. The highest BCUT2D eigenvalue weighted by Crippen LogP contribution is 2.26. The van der Waals surface area contributed by atoms with Crippen molar-refractivity contribution in [2.45, 2.75) is 26.3 Å². The van der Waals surface area contributed by atoms with E-state index < -0.39 is 10.7 Å². The van der Waals surface area contributed by atoms with Crippen LogP contribution in [0.2, 0.25) is 0 Å². The normalized spacial score (nSPS) is 12.8. The van der Waals surface area contributed by atoms with E-state index >= 15 is 0 Å². The molecule has 0 saturated heterocycles. The predicted molar refractivity (Wildman–Crippen MR) is 78.5 cm³/mol. The van der Waals surface area contributed by atoms with E-state index in [1.165, 1.54) is 12.1 Å². The van der Waals surface area contributed by atoms with Gasteiger partial charge in [0.1, 0.15) is 11.5 Å². The van der Waals surface area contributed by atoms with Crippen LogP contribution in [0.1, 0.15) is 20.3 Å². The van der Waals surface area contributed by atoms with Crippen molar-refractivity contribution >= 4 is 11.4 Å². The Kier molecular flexibility index (Phi) is 5.88. The number of nitro benzene ring substituents is 1. The molecule has 1 aromatic rings. The van der Waals surface area contributed by atoms with Crippen LogP contribution < -0.4 is 5.32 Å². The highest BCUT2D eigenvalue weighted by atomic mass is 19.1. The Bertz CT molecular complexity index is 454. The molecular weight excluding hydrogens is 261 g/mol. The van der Waals surface area contributed by atoms with Crippen molar-refractivity contribution in [3.8, 4) is 0 Å². The van der Waals surface area contributed by atoms with Gasteiger partial charge >= 0.3 is 0 Å². The van der Waals surface area contributed by atoms with Crippen LogP contribution in [0.15, 0.2) is 18.2 Å². The van der Waals surface area contributed by atoms with E-state index in [0.29, 0.717) is 5.92 Å². The summed E-state index contributed by atoms with van der Waals surface area (Å²) < 4.78 is 13.3.